The lowest BCUT2D eigenvalue weighted by molar-refractivity contribution is -0.137. The van der Waals surface area contributed by atoms with Gasteiger partial charge in [-0.2, -0.15) is 13.2 Å². The first-order valence-corrected chi connectivity index (χ1v) is 6.70. The molecule has 0 spiro atoms. The van der Waals surface area contributed by atoms with Crippen LogP contribution in [-0.4, -0.2) is 18.0 Å². The third kappa shape index (κ3) is 2.26. The van der Waals surface area contributed by atoms with E-state index in [1.807, 2.05) is 0 Å². The molecule has 0 bridgehead atoms. The fraction of sp³-hybridized carbons (Fsp3) is 0.429. The van der Waals surface area contributed by atoms with Gasteiger partial charge in [0, 0.05) is 6.04 Å². The molecule has 4 nitrogen and oxygen atoms in total. The molecule has 1 aliphatic carbocycles. The number of halogens is 3. The third-order valence-electron chi connectivity index (χ3n) is 4.02. The molecule has 7 heteroatoms. The molecular weight excluding hydrogens is 285 g/mol. The summed E-state index contributed by atoms with van der Waals surface area (Å²) in [4.78, 5) is 25.1. The second-order valence-electron chi connectivity index (χ2n) is 5.28. The van der Waals surface area contributed by atoms with E-state index in [0.717, 1.165) is 18.6 Å². The van der Waals surface area contributed by atoms with Crippen molar-refractivity contribution in [1.82, 2.24) is 5.32 Å². The molecule has 1 aromatic rings. The van der Waals surface area contributed by atoms with Crippen molar-refractivity contribution in [2.45, 2.75) is 31.5 Å². The molecule has 21 heavy (non-hydrogen) atoms. The zero-order valence-electron chi connectivity index (χ0n) is 11.0. The van der Waals surface area contributed by atoms with Gasteiger partial charge in [0.05, 0.1) is 17.2 Å². The van der Waals surface area contributed by atoms with E-state index in [-0.39, 0.29) is 6.04 Å². The molecule has 1 saturated heterocycles. The topological polar surface area (TPSA) is 49.4 Å². The molecule has 1 saturated carbocycles. The summed E-state index contributed by atoms with van der Waals surface area (Å²) in [5.74, 6) is -0.970. The van der Waals surface area contributed by atoms with Gasteiger partial charge in [-0.3, -0.25) is 4.79 Å². The zero-order valence-corrected chi connectivity index (χ0v) is 11.0. The summed E-state index contributed by atoms with van der Waals surface area (Å²) in [6.07, 6.45) is -2.55. The van der Waals surface area contributed by atoms with E-state index in [4.69, 9.17) is 0 Å². The number of urea groups is 1. The number of nitrogens with one attached hydrogen (secondary N) is 1. The molecule has 1 aliphatic heterocycles. The van der Waals surface area contributed by atoms with Crippen molar-refractivity contribution < 1.29 is 22.8 Å². The predicted molar refractivity (Wildman–Crippen MR) is 68.6 cm³/mol. The average molecular weight is 298 g/mol. The molecule has 2 aliphatic rings. The number of hydrogen-bond donors (Lipinski definition) is 1. The van der Waals surface area contributed by atoms with Crippen molar-refractivity contribution in [3.8, 4) is 0 Å². The fourth-order valence-electron chi connectivity index (χ4n) is 3.05. The first-order valence-electron chi connectivity index (χ1n) is 6.70. The van der Waals surface area contributed by atoms with Gasteiger partial charge in [0.15, 0.2) is 0 Å². The Morgan fingerprint density at radius 3 is 2.57 bits per heavy atom. The molecule has 2 fully saturated rings. The van der Waals surface area contributed by atoms with Crippen LogP contribution in [0.5, 0.6) is 0 Å². The summed E-state index contributed by atoms with van der Waals surface area (Å²) in [7, 11) is 0. The smallest absolute Gasteiger partial charge is 0.334 e. The van der Waals surface area contributed by atoms with E-state index < -0.39 is 35.3 Å². The minimum atomic E-state index is -4.62. The van der Waals surface area contributed by atoms with Crippen LogP contribution in [0.2, 0.25) is 0 Å². The van der Waals surface area contributed by atoms with E-state index in [0.29, 0.717) is 17.7 Å². The molecule has 2 unspecified atom stereocenters. The maximum atomic E-state index is 13.1. The normalized spacial score (nSPS) is 25.8. The van der Waals surface area contributed by atoms with Crippen LogP contribution in [0.4, 0.5) is 23.7 Å². The van der Waals surface area contributed by atoms with Crippen LogP contribution in [0.25, 0.3) is 0 Å². The number of alkyl halides is 3. The summed E-state index contributed by atoms with van der Waals surface area (Å²) in [5, 5.41) is 2.63. The van der Waals surface area contributed by atoms with Gasteiger partial charge in [-0.05, 0) is 25.0 Å². The Hall–Kier alpha value is -2.05. The molecular formula is C14H13F3N2O2. The number of anilines is 1. The van der Waals surface area contributed by atoms with Crippen LogP contribution in [0.15, 0.2) is 24.3 Å². The lowest BCUT2D eigenvalue weighted by atomic mass is 9.98. The van der Waals surface area contributed by atoms with Crippen molar-refractivity contribution in [2.75, 3.05) is 4.90 Å². The number of hydrogen-bond acceptors (Lipinski definition) is 2. The Morgan fingerprint density at radius 1 is 1.14 bits per heavy atom. The molecule has 1 aromatic carbocycles. The van der Waals surface area contributed by atoms with Gasteiger partial charge in [-0.1, -0.05) is 18.6 Å². The molecule has 0 aromatic heterocycles. The number of imide groups is 1. The fourth-order valence-corrected chi connectivity index (χ4v) is 3.05. The van der Waals surface area contributed by atoms with Gasteiger partial charge < -0.3 is 5.32 Å². The van der Waals surface area contributed by atoms with Crippen LogP contribution in [0.3, 0.4) is 0 Å². The van der Waals surface area contributed by atoms with E-state index in [1.165, 1.54) is 12.1 Å². The quantitative estimate of drug-likeness (QED) is 0.866. The van der Waals surface area contributed by atoms with Gasteiger partial charge in [0.2, 0.25) is 5.91 Å². The highest BCUT2D eigenvalue weighted by atomic mass is 19.4. The predicted octanol–water partition coefficient (Wildman–Crippen LogP) is 2.93. The Balaban J connectivity index is 2.04. The average Bonchev–Trinajstić information content (AvgIpc) is 2.86. The summed E-state index contributed by atoms with van der Waals surface area (Å²) in [6.45, 7) is 0. The second kappa shape index (κ2) is 4.75. The monoisotopic (exact) mass is 298 g/mol. The maximum Gasteiger partial charge on any atom is 0.418 e. The molecule has 1 heterocycles. The minimum absolute atomic E-state index is 0.251. The molecule has 2 atom stereocenters. The van der Waals surface area contributed by atoms with Crippen LogP contribution in [-0.2, 0) is 11.0 Å². The van der Waals surface area contributed by atoms with Gasteiger partial charge in [0.1, 0.15) is 0 Å². The van der Waals surface area contributed by atoms with E-state index in [9.17, 15) is 22.8 Å². The van der Waals surface area contributed by atoms with Gasteiger partial charge >= 0.3 is 12.2 Å². The SMILES string of the molecule is O=C1NC2CCCC2C(=O)N1c1ccccc1C(F)(F)F. The van der Waals surface area contributed by atoms with Gasteiger partial charge in [-0.25, -0.2) is 9.69 Å². The third-order valence-corrected chi connectivity index (χ3v) is 4.02. The molecule has 3 rings (SSSR count). The van der Waals surface area contributed by atoms with Crippen molar-refractivity contribution in [3.05, 3.63) is 29.8 Å². The van der Waals surface area contributed by atoms with Crippen molar-refractivity contribution in [2.24, 2.45) is 5.92 Å². The Kier molecular flexibility index (Phi) is 3.15. The number of nitrogens with zero attached hydrogens (tertiary/aromatic N) is 1. The van der Waals surface area contributed by atoms with Crippen molar-refractivity contribution in [1.29, 1.82) is 0 Å². The van der Waals surface area contributed by atoms with Crippen LogP contribution < -0.4 is 10.2 Å². The number of rotatable bonds is 1. The molecule has 112 valence electrons. The zero-order chi connectivity index (χ0) is 15.2. The highest BCUT2D eigenvalue weighted by molar-refractivity contribution is 6.17. The van der Waals surface area contributed by atoms with Crippen molar-refractivity contribution in [3.63, 3.8) is 0 Å². The standard InChI is InChI=1S/C14H13F3N2O2/c15-14(16,17)9-5-1-2-7-11(9)19-12(20)8-4-3-6-10(8)18-13(19)21/h1-2,5,7-8,10H,3-4,6H2,(H,18,21). The summed E-state index contributed by atoms with van der Waals surface area (Å²) in [5.41, 5.74) is -1.39. The van der Waals surface area contributed by atoms with E-state index >= 15 is 0 Å². The highest BCUT2D eigenvalue weighted by Gasteiger charge is 2.46. The first kappa shape index (κ1) is 13.9. The largest absolute Gasteiger partial charge is 0.418 e. The highest BCUT2D eigenvalue weighted by Crippen LogP contribution is 2.39. The van der Waals surface area contributed by atoms with Crippen molar-refractivity contribution >= 4 is 17.6 Å². The number of fused-ring (bicyclic) bond motifs is 1. The first-order chi connectivity index (χ1) is 9.89. The number of amides is 3. The molecule has 1 N–H and O–H groups in total. The maximum absolute atomic E-state index is 13.1. The van der Waals surface area contributed by atoms with E-state index in [2.05, 4.69) is 5.32 Å². The Morgan fingerprint density at radius 2 is 1.86 bits per heavy atom. The number of para-hydroxylation sites is 1. The second-order valence-corrected chi connectivity index (χ2v) is 5.28. The van der Waals surface area contributed by atoms with Gasteiger partial charge in [-0.15, -0.1) is 0 Å². The number of carbonyl (C=O) groups excluding carboxylic acids is 2. The van der Waals surface area contributed by atoms with Crippen LogP contribution in [0, 0.1) is 5.92 Å². The summed E-state index contributed by atoms with van der Waals surface area (Å²) in [6, 6.07) is 3.61. The number of carbonyl (C=O) groups is 2. The molecule has 0 radical (unpaired) electrons. The van der Waals surface area contributed by atoms with Gasteiger partial charge in [0.25, 0.3) is 0 Å². The lowest BCUT2D eigenvalue weighted by Gasteiger charge is -2.34. The summed E-state index contributed by atoms with van der Waals surface area (Å²) >= 11 is 0. The number of benzene rings is 1. The summed E-state index contributed by atoms with van der Waals surface area (Å²) < 4.78 is 39.2. The molecule has 3 amide bonds. The van der Waals surface area contributed by atoms with Crippen LogP contribution >= 0.6 is 0 Å². The Labute approximate surface area is 118 Å². The Bertz CT molecular complexity index is 600. The lowest BCUT2D eigenvalue weighted by Crippen LogP contribution is -2.58. The minimum Gasteiger partial charge on any atom is -0.334 e. The van der Waals surface area contributed by atoms with E-state index in [1.54, 1.807) is 0 Å². The van der Waals surface area contributed by atoms with Crippen LogP contribution in [0.1, 0.15) is 24.8 Å².